The number of nitriles is 2. The Labute approximate surface area is 414 Å². The highest BCUT2D eigenvalue weighted by molar-refractivity contribution is 7.94. The number of halogens is 1. The Hall–Kier alpha value is -5.70. The van der Waals surface area contributed by atoms with Crippen LogP contribution in [0.15, 0.2) is 48.5 Å². The molecule has 4 saturated carbocycles. The Morgan fingerprint density at radius 3 is 1.52 bits per heavy atom. The molecular formula is C46H56ClN10O9PS2. The molecule has 2 aromatic heterocycles. The standard InChI is InChI=1S/C23H25N5O4S.C15H19N3O5S.C8H8N2.ClH.H3P/c1-27-20-18(19(26-27)21(29)25-13-16-4-2-15(12-24)3-5-16)8-11-28(22(20)30)14-23(9-10-23)33(31,32)17-6-7-17;1-17-12-10(11(16-17)14(20)21)4-7-18(13(12)19)8-15(5-6-15)24(22,23)9-2-3-9;9-5-7-1-2-8(6-10)4-3-7;;/h2-5,17H,6-11,13-14H2,1H3,(H,25,29);9H,2-8H2,1H3,(H,20,21);1-4H,5,9H2;1H;1H3/i;;;;1T3. The van der Waals surface area contributed by atoms with E-state index >= 15 is 0 Å². The molecule has 2 aliphatic heterocycles. The number of nitrogens with zero attached hydrogens (tertiary/aromatic N) is 8. The molecule has 0 spiro atoms. The SMILES string of the molecule is Cl.Cn1nc(C(=O)NCc2ccc(C#N)cc2)c2c1C(=O)N(CC1(S(=O)(=O)C3CC3)CC1)CC2.Cn1nc(C(=O)O)c2c1C(=O)N(CC1(S(=O)(=O)C3CC3)CC1)CC2.N#Cc1ccc(CN)cc1.[3H]P([3H])[3H]. The average Bonchev–Trinajstić information content (AvgIpc) is 4.12. The van der Waals surface area contributed by atoms with Crippen molar-refractivity contribution in [1.29, 1.82) is 14.4 Å². The number of fused-ring (bicyclic) bond motifs is 2. The first-order chi connectivity index (χ1) is 33.6. The third-order valence-corrected chi connectivity index (χ3v) is 19.7. The molecule has 4 fully saturated rings. The summed E-state index contributed by atoms with van der Waals surface area (Å²) in [6.45, 7) is 1.94. The fourth-order valence-corrected chi connectivity index (χ4v) is 13.9. The number of carboxylic acids is 1. The molecule has 3 amide bonds. The number of aromatic carboxylic acids is 1. The molecule has 0 saturated heterocycles. The van der Waals surface area contributed by atoms with E-state index < -0.39 is 44.9 Å². The maximum absolute atomic E-state index is 13.2. The molecule has 368 valence electrons. The summed E-state index contributed by atoms with van der Waals surface area (Å²) in [5, 5.41) is 37.1. The minimum absolute atomic E-state index is 0. The summed E-state index contributed by atoms with van der Waals surface area (Å²) < 4.78 is 70.1. The van der Waals surface area contributed by atoms with E-state index in [1.54, 1.807) is 60.3 Å². The van der Waals surface area contributed by atoms with Crippen LogP contribution in [0.2, 0.25) is 0 Å². The van der Waals surface area contributed by atoms with E-state index in [4.69, 9.17) is 20.1 Å². The second-order valence-corrected chi connectivity index (χ2v) is 23.5. The first-order valence-electron chi connectivity index (χ1n) is 23.6. The normalized spacial score (nSPS) is 18.7. The van der Waals surface area contributed by atoms with Gasteiger partial charge in [-0.05, 0) is 99.6 Å². The topological polar surface area (TPSA) is 285 Å². The number of sulfone groups is 2. The zero-order chi connectivity index (χ0) is 51.6. The molecule has 0 unspecified atom stereocenters. The third kappa shape index (κ3) is 10.4. The van der Waals surface area contributed by atoms with Gasteiger partial charge in [0.1, 0.15) is 11.4 Å². The predicted molar refractivity (Wildman–Crippen MR) is 260 cm³/mol. The van der Waals surface area contributed by atoms with E-state index in [0.717, 1.165) is 36.8 Å². The molecular weight excluding hydrogens is 967 g/mol. The van der Waals surface area contributed by atoms with Crippen LogP contribution < -0.4 is 11.1 Å². The van der Waals surface area contributed by atoms with Crippen LogP contribution in [0.25, 0.3) is 0 Å². The number of carbonyl (C=O) groups is 4. The van der Waals surface area contributed by atoms with Crippen molar-refractivity contribution in [2.45, 2.75) is 97.3 Å². The van der Waals surface area contributed by atoms with Crippen LogP contribution in [-0.2, 0) is 59.7 Å². The van der Waals surface area contributed by atoms with Crippen LogP contribution in [0.1, 0.15) is 127 Å². The molecule has 4 aliphatic carbocycles. The van der Waals surface area contributed by atoms with Gasteiger partial charge in [0, 0.05) is 64.5 Å². The molecule has 4 N–H and O–H groups in total. The maximum atomic E-state index is 13.2. The number of hydrogen-bond donors (Lipinski definition) is 3. The summed E-state index contributed by atoms with van der Waals surface area (Å²) in [4.78, 5) is 53.3. The number of hydrogen-bond acceptors (Lipinski definition) is 13. The molecule has 4 aromatic rings. The van der Waals surface area contributed by atoms with Crippen molar-refractivity contribution in [3.05, 3.63) is 105 Å². The summed E-state index contributed by atoms with van der Waals surface area (Å²) in [5.41, 5.74) is 10.3. The number of nitrogens with two attached hydrogens (primary N) is 1. The molecule has 2 aromatic carbocycles. The Balaban J connectivity index is 0.000000189. The molecule has 0 bridgehead atoms. The Kier molecular flexibility index (Phi) is 14.2. The van der Waals surface area contributed by atoms with Crippen molar-refractivity contribution in [1.82, 2.24) is 34.7 Å². The third-order valence-electron chi connectivity index (χ3n) is 13.5. The summed E-state index contributed by atoms with van der Waals surface area (Å²) >= 11 is 0. The lowest BCUT2D eigenvalue weighted by Gasteiger charge is -2.31. The van der Waals surface area contributed by atoms with E-state index in [0.29, 0.717) is 86.1 Å². The minimum Gasteiger partial charge on any atom is -0.476 e. The van der Waals surface area contributed by atoms with Crippen LogP contribution >= 0.6 is 22.1 Å². The Morgan fingerprint density at radius 1 is 0.768 bits per heavy atom. The van der Waals surface area contributed by atoms with Gasteiger partial charge in [-0.2, -0.15) is 30.5 Å². The molecule has 10 rings (SSSR count). The summed E-state index contributed by atoms with van der Waals surface area (Å²) in [6.07, 6.45) is 6.17. The van der Waals surface area contributed by atoms with Gasteiger partial charge in [0.15, 0.2) is 31.1 Å². The molecule has 4 heterocycles. The average molecular weight is 1030 g/mol. The van der Waals surface area contributed by atoms with Crippen molar-refractivity contribution >= 4 is 65.5 Å². The van der Waals surface area contributed by atoms with Crippen molar-refractivity contribution in [3.8, 4) is 12.1 Å². The van der Waals surface area contributed by atoms with Gasteiger partial charge in [0.25, 0.3) is 17.7 Å². The lowest BCUT2D eigenvalue weighted by Crippen LogP contribution is -2.46. The van der Waals surface area contributed by atoms with Gasteiger partial charge in [0.05, 0.1) is 47.1 Å². The summed E-state index contributed by atoms with van der Waals surface area (Å²) in [7, 11) is -5.09. The maximum Gasteiger partial charge on any atom is 0.356 e. The fraction of sp³-hybridized carbons (Fsp3) is 0.478. The zero-order valence-electron chi connectivity index (χ0n) is 41.1. The summed E-state index contributed by atoms with van der Waals surface area (Å²) in [6, 6.07) is 18.3. The predicted octanol–water partition coefficient (Wildman–Crippen LogP) is 3.05. The summed E-state index contributed by atoms with van der Waals surface area (Å²) in [5.74, 6) is -2.11. The lowest BCUT2D eigenvalue weighted by atomic mass is 10.0. The monoisotopic (exact) mass is 1030 g/mol. The number of benzene rings is 2. The first-order valence-corrected chi connectivity index (χ1v) is 25.4. The largest absolute Gasteiger partial charge is 0.476 e. The first kappa shape index (κ1) is 48.3. The molecule has 69 heavy (non-hydrogen) atoms. The van der Waals surface area contributed by atoms with E-state index in [1.165, 1.54) is 9.36 Å². The van der Waals surface area contributed by atoms with Crippen molar-refractivity contribution in [2.24, 2.45) is 19.8 Å². The Morgan fingerprint density at radius 2 is 1.16 bits per heavy atom. The molecule has 19 nitrogen and oxygen atoms in total. The zero-order valence-corrected chi connectivity index (χ0v) is 41.5. The van der Waals surface area contributed by atoms with Gasteiger partial charge in [-0.15, -0.1) is 12.4 Å². The van der Waals surface area contributed by atoms with E-state index in [9.17, 15) is 41.1 Å². The number of rotatable bonds is 13. The molecule has 0 radical (unpaired) electrons. The second kappa shape index (κ2) is 20.3. The minimum atomic E-state index is -3.21. The fourth-order valence-electron chi connectivity index (χ4n) is 8.98. The van der Waals surface area contributed by atoms with Crippen molar-refractivity contribution < 1.29 is 41.1 Å². The van der Waals surface area contributed by atoms with Crippen LogP contribution in [0.3, 0.4) is 0 Å². The highest BCUT2D eigenvalue weighted by atomic mass is 35.5. The van der Waals surface area contributed by atoms with Gasteiger partial charge >= 0.3 is 5.97 Å². The number of nitrogens with one attached hydrogen (secondary N) is 1. The van der Waals surface area contributed by atoms with E-state index in [-0.39, 0.29) is 77.3 Å². The van der Waals surface area contributed by atoms with Gasteiger partial charge in [0.2, 0.25) is 0 Å². The number of amides is 3. The quantitative estimate of drug-likeness (QED) is 0.162. The highest BCUT2D eigenvalue weighted by Gasteiger charge is 2.61. The van der Waals surface area contributed by atoms with Crippen LogP contribution in [0.5, 0.6) is 0 Å². The van der Waals surface area contributed by atoms with Gasteiger partial charge in [-0.25, -0.2) is 21.6 Å². The smallest absolute Gasteiger partial charge is 0.356 e. The lowest BCUT2D eigenvalue weighted by molar-refractivity contribution is 0.0685. The van der Waals surface area contributed by atoms with Gasteiger partial charge in [-0.1, -0.05) is 24.3 Å². The number of carbonyl (C=O) groups excluding carboxylic acids is 3. The Bertz CT molecular complexity index is 3030. The number of carboxylic acid groups (broad SMARTS) is 1. The molecule has 0 atom stereocenters. The second-order valence-electron chi connectivity index (χ2n) is 18.2. The van der Waals surface area contributed by atoms with Crippen LogP contribution in [-0.4, -0.2) is 125 Å². The van der Waals surface area contributed by atoms with Crippen molar-refractivity contribution in [3.63, 3.8) is 0 Å². The number of aromatic nitrogens is 4. The highest BCUT2D eigenvalue weighted by Crippen LogP contribution is 2.52. The number of aryl methyl sites for hydroxylation is 2. The molecule has 6 aliphatic rings. The van der Waals surface area contributed by atoms with E-state index in [2.05, 4.69) is 21.6 Å². The van der Waals surface area contributed by atoms with Crippen LogP contribution in [0.4, 0.5) is 0 Å². The molecule has 23 heteroatoms. The van der Waals surface area contributed by atoms with E-state index in [1.807, 2.05) is 18.2 Å². The van der Waals surface area contributed by atoms with Gasteiger partial charge < -0.3 is 26.0 Å². The van der Waals surface area contributed by atoms with Gasteiger partial charge in [-0.3, -0.25) is 23.7 Å². The van der Waals surface area contributed by atoms with Crippen molar-refractivity contribution in [2.75, 3.05) is 26.2 Å². The van der Waals surface area contributed by atoms with Crippen LogP contribution in [0, 0.1) is 22.7 Å².